The van der Waals surface area contributed by atoms with Crippen molar-refractivity contribution in [1.29, 1.82) is 0 Å². The van der Waals surface area contributed by atoms with Crippen molar-refractivity contribution in [2.75, 3.05) is 11.8 Å². The smallest absolute Gasteiger partial charge is 0.408 e. The lowest BCUT2D eigenvalue weighted by Gasteiger charge is -2.55. The fraction of sp³-hybridized carbons (Fsp3) is 0.891. The Hall–Kier alpha value is -1.55. The highest BCUT2D eigenvalue weighted by Crippen LogP contribution is 2.54. The van der Waals surface area contributed by atoms with Gasteiger partial charge in [-0.15, -0.1) is 23.2 Å². The number of hydrogen-bond donors (Lipinski definition) is 4. The van der Waals surface area contributed by atoms with E-state index >= 15 is 0 Å². The number of carboxylic acids is 1. The van der Waals surface area contributed by atoms with Gasteiger partial charge in [-0.2, -0.15) is 0 Å². The number of nitrogens with one attached hydrogen (secondary N) is 1. The van der Waals surface area contributed by atoms with Crippen LogP contribution in [-0.2, 0) is 38.0 Å². The molecule has 61 heavy (non-hydrogen) atoms. The average Bonchev–Trinajstić information content (AvgIpc) is 3.57. The number of amides is 1. The lowest BCUT2D eigenvalue weighted by molar-refractivity contribution is -0.398. The van der Waals surface area contributed by atoms with Gasteiger partial charge in [0.25, 0.3) is 0 Å². The maximum atomic E-state index is 14.7. The predicted molar refractivity (Wildman–Crippen MR) is 231 cm³/mol. The number of ether oxygens (including phenoxy) is 6. The van der Waals surface area contributed by atoms with E-state index in [1.54, 1.807) is 6.92 Å². The number of ketones is 1. The Morgan fingerprint density at radius 3 is 2.16 bits per heavy atom. The van der Waals surface area contributed by atoms with Crippen molar-refractivity contribution >= 4 is 41.0 Å². The SMILES string of the molecule is CCC(C(=O)O)[C@H]1CC[C@H](C)[C@H]([C@@H](C)[C@H](O)[C@H](C)C(=O)[C@H](CC)[C@H]2O[C@]3(C=C[C@@H](NC(=O)OC(CCl)CCl)[C@]4(CC[C@@](C)([C@H]5CC[C@](O)(CC)[C@H](C)O5)O4)O3)[C@H](C)C[C@@H]2C)O1. The molecule has 0 bridgehead atoms. The predicted octanol–water partition coefficient (Wildman–Crippen LogP) is 7.77. The van der Waals surface area contributed by atoms with Crippen LogP contribution in [0, 0.1) is 41.4 Å². The van der Waals surface area contributed by atoms with E-state index in [-0.39, 0.29) is 41.4 Å². The standard InChI is InChI=1S/C46H75Cl2NO12/c1-11-32(41(52)53)34-15-14-25(4)39(58-34)29(8)37(50)28(7)38(51)33(12-2)40-26(5)22-27(6)45(59-40)19-16-35(49-42(54)57-31(23-47)24-48)46(61-45)21-20-43(10,60-46)36-17-18-44(55,13-3)30(9)56-36/h16,19,25-37,39-40,50,55H,11-15,17-18,20-24H2,1-10H3,(H,49,54)(H,52,53)/t25-,26-,27+,28-,29-,30-,32?,33-,34+,35+,36+,37+,39+,40-,43-,44+,45-,46-/m0/s1. The summed E-state index contributed by atoms with van der Waals surface area (Å²) in [5.74, 6) is -6.30. The molecule has 2 spiro atoms. The second-order valence-corrected chi connectivity index (χ2v) is 20.0. The Morgan fingerprint density at radius 1 is 0.902 bits per heavy atom. The molecule has 5 rings (SSSR count). The number of carbonyl (C=O) groups is 3. The molecule has 15 heteroatoms. The van der Waals surface area contributed by atoms with Gasteiger partial charge in [0.15, 0.2) is 11.6 Å². The van der Waals surface area contributed by atoms with Crippen molar-refractivity contribution in [1.82, 2.24) is 5.32 Å². The third-order valence-corrected chi connectivity index (χ3v) is 16.1. The van der Waals surface area contributed by atoms with Gasteiger partial charge in [-0.3, -0.25) is 9.59 Å². The van der Waals surface area contributed by atoms with Gasteiger partial charge in [0.05, 0.1) is 65.5 Å². The fourth-order valence-electron chi connectivity index (χ4n) is 11.1. The minimum atomic E-state index is -1.43. The summed E-state index contributed by atoms with van der Waals surface area (Å²) in [5, 5.41) is 35.8. The van der Waals surface area contributed by atoms with Crippen LogP contribution in [0.4, 0.5) is 4.79 Å². The molecule has 5 aliphatic rings. The first kappa shape index (κ1) is 50.4. The summed E-state index contributed by atoms with van der Waals surface area (Å²) in [6, 6.07) is -0.812. The second-order valence-electron chi connectivity index (χ2n) is 19.4. The van der Waals surface area contributed by atoms with E-state index in [2.05, 4.69) is 19.2 Å². The Morgan fingerprint density at radius 2 is 1.57 bits per heavy atom. The van der Waals surface area contributed by atoms with E-state index < -0.39 is 101 Å². The van der Waals surface area contributed by atoms with Crippen molar-refractivity contribution in [3.63, 3.8) is 0 Å². The number of rotatable bonds is 16. The molecule has 0 aliphatic carbocycles. The first-order valence-corrected chi connectivity index (χ1v) is 24.1. The van der Waals surface area contributed by atoms with E-state index in [0.29, 0.717) is 57.8 Å². The number of aliphatic carboxylic acids is 1. The van der Waals surface area contributed by atoms with E-state index in [0.717, 1.165) is 6.42 Å². The summed E-state index contributed by atoms with van der Waals surface area (Å²) >= 11 is 12.0. The van der Waals surface area contributed by atoms with Crippen LogP contribution >= 0.6 is 23.2 Å². The van der Waals surface area contributed by atoms with Gasteiger partial charge in [-0.05, 0) is 89.5 Å². The van der Waals surface area contributed by atoms with Crippen molar-refractivity contribution in [3.05, 3.63) is 12.2 Å². The highest BCUT2D eigenvalue weighted by Gasteiger charge is 2.63. The molecule has 18 atom stereocenters. The van der Waals surface area contributed by atoms with E-state index in [9.17, 15) is 29.7 Å². The zero-order valence-electron chi connectivity index (χ0n) is 38.1. The lowest BCUT2D eigenvalue weighted by atomic mass is 9.72. The fourth-order valence-corrected chi connectivity index (χ4v) is 11.5. The van der Waals surface area contributed by atoms with Crippen LogP contribution in [0.2, 0.25) is 0 Å². The number of aliphatic hydroxyl groups excluding tert-OH is 1. The highest BCUT2D eigenvalue weighted by molar-refractivity contribution is 6.21. The summed E-state index contributed by atoms with van der Waals surface area (Å²) in [4.78, 5) is 40.0. The molecule has 0 aromatic carbocycles. The number of hydrogen-bond acceptors (Lipinski definition) is 11. The molecule has 4 fully saturated rings. The van der Waals surface area contributed by atoms with Crippen molar-refractivity contribution in [3.8, 4) is 0 Å². The Bertz CT molecular complexity index is 1550. The molecular formula is C46H75Cl2NO12. The maximum Gasteiger partial charge on any atom is 0.408 e. The van der Waals surface area contributed by atoms with Gasteiger partial charge in [0, 0.05) is 30.1 Å². The van der Waals surface area contributed by atoms with E-state index in [1.807, 2.05) is 60.6 Å². The topological polar surface area (TPSA) is 179 Å². The molecule has 0 radical (unpaired) electrons. The maximum absolute atomic E-state index is 14.7. The molecule has 1 unspecified atom stereocenters. The summed E-state index contributed by atoms with van der Waals surface area (Å²) in [7, 11) is 0. The van der Waals surface area contributed by atoms with Crippen LogP contribution in [0.1, 0.15) is 133 Å². The number of halogens is 2. The molecule has 5 aliphatic heterocycles. The van der Waals surface area contributed by atoms with Gasteiger partial charge in [-0.1, -0.05) is 61.5 Å². The van der Waals surface area contributed by atoms with Crippen LogP contribution in [0.3, 0.4) is 0 Å². The second kappa shape index (κ2) is 20.3. The third-order valence-electron chi connectivity index (χ3n) is 15.4. The molecule has 350 valence electrons. The number of carboxylic acid groups (broad SMARTS) is 1. The van der Waals surface area contributed by atoms with E-state index in [1.165, 1.54) is 0 Å². The lowest BCUT2D eigenvalue weighted by Crippen LogP contribution is -2.66. The summed E-state index contributed by atoms with van der Waals surface area (Å²) in [5.41, 5.74) is -1.79. The number of aliphatic hydroxyl groups is 2. The molecule has 5 heterocycles. The van der Waals surface area contributed by atoms with Crippen LogP contribution in [-0.4, -0.2) is 116 Å². The van der Waals surface area contributed by atoms with Gasteiger partial charge >= 0.3 is 12.1 Å². The first-order valence-electron chi connectivity index (χ1n) is 23.0. The molecule has 4 N–H and O–H groups in total. The molecule has 0 saturated carbocycles. The summed E-state index contributed by atoms with van der Waals surface area (Å²) in [6.45, 7) is 19.5. The zero-order chi connectivity index (χ0) is 45.2. The van der Waals surface area contributed by atoms with Gasteiger partial charge in [0.1, 0.15) is 17.9 Å². The van der Waals surface area contributed by atoms with Gasteiger partial charge < -0.3 is 49.1 Å². The Labute approximate surface area is 373 Å². The van der Waals surface area contributed by atoms with Crippen LogP contribution < -0.4 is 5.32 Å². The Kier molecular flexibility index (Phi) is 16.8. The van der Waals surface area contributed by atoms with Crippen molar-refractivity contribution < 1.29 is 58.1 Å². The number of Topliss-reactive ketones (excluding diaryl/α,β-unsaturated/α-hetero) is 1. The van der Waals surface area contributed by atoms with E-state index in [4.69, 9.17) is 51.6 Å². The first-order chi connectivity index (χ1) is 28.7. The molecule has 4 saturated heterocycles. The number of alkyl halides is 2. The molecule has 0 aromatic rings. The van der Waals surface area contributed by atoms with Gasteiger partial charge in [0.2, 0.25) is 0 Å². The average molecular weight is 905 g/mol. The highest BCUT2D eigenvalue weighted by atomic mass is 35.5. The third kappa shape index (κ3) is 10.3. The molecule has 1 amide bonds. The summed E-state index contributed by atoms with van der Waals surface area (Å²) < 4.78 is 39.9. The van der Waals surface area contributed by atoms with Crippen molar-refractivity contribution in [2.24, 2.45) is 41.4 Å². The van der Waals surface area contributed by atoms with Crippen LogP contribution in [0.15, 0.2) is 12.2 Å². The quantitative estimate of drug-likeness (QED) is 0.0875. The largest absolute Gasteiger partial charge is 0.481 e. The minimum absolute atomic E-state index is 0.0228. The van der Waals surface area contributed by atoms with Crippen molar-refractivity contribution in [2.45, 2.75) is 205 Å². The van der Waals surface area contributed by atoms with Crippen LogP contribution in [0.5, 0.6) is 0 Å². The normalized spacial score (nSPS) is 41.6. The molecule has 13 nitrogen and oxygen atoms in total. The molecule has 0 aromatic heterocycles. The van der Waals surface area contributed by atoms with Gasteiger partial charge in [-0.25, -0.2) is 4.79 Å². The Balaban J connectivity index is 1.40. The zero-order valence-corrected chi connectivity index (χ0v) is 39.6. The van der Waals surface area contributed by atoms with Crippen LogP contribution in [0.25, 0.3) is 0 Å². The monoisotopic (exact) mass is 903 g/mol. The minimum Gasteiger partial charge on any atom is -0.481 e. The number of carbonyl (C=O) groups excluding carboxylic acids is 2. The summed E-state index contributed by atoms with van der Waals surface area (Å²) in [6.07, 6.45) is 4.49. The number of alkyl carbamates (subject to hydrolysis) is 1. The molecular weight excluding hydrogens is 829 g/mol.